The first-order valence-corrected chi connectivity index (χ1v) is 21.6. The molecule has 3 unspecified atom stereocenters. The molecule has 0 spiro atoms. The zero-order valence-corrected chi connectivity index (χ0v) is 34.2. The number of likely N-dealkylation sites (tertiary alicyclic amines) is 1. The summed E-state index contributed by atoms with van der Waals surface area (Å²) in [6.07, 6.45) is 5.72. The minimum absolute atomic E-state index is 0.104. The summed E-state index contributed by atoms with van der Waals surface area (Å²) in [5, 5.41) is 12.3. The maximum absolute atomic E-state index is 13.5. The van der Waals surface area contributed by atoms with Crippen molar-refractivity contribution >= 4 is 40.5 Å². The number of amides is 4. The molecule has 4 amide bonds. The molecular weight excluding hydrogens is 755 g/mol. The Morgan fingerprint density at radius 3 is 2.13 bits per heavy atom. The molecule has 6 aliphatic rings. The Morgan fingerprint density at radius 1 is 0.750 bits per heavy atom. The number of phenolic OH excluding ortho intramolecular Hbond substituents is 1. The van der Waals surface area contributed by atoms with Crippen molar-refractivity contribution in [1.82, 2.24) is 20.0 Å². The van der Waals surface area contributed by atoms with Crippen LogP contribution in [0.4, 0.5) is 5.69 Å². The zero-order chi connectivity index (χ0) is 41.3. The van der Waals surface area contributed by atoms with Crippen LogP contribution in [0.15, 0.2) is 97.1 Å². The number of hydrogen-bond donors (Lipinski definition) is 2. The van der Waals surface area contributed by atoms with Crippen molar-refractivity contribution in [2.24, 2.45) is 5.92 Å². The maximum Gasteiger partial charge on any atom is 0.262 e. The highest BCUT2D eigenvalue weighted by Gasteiger charge is 2.46. The van der Waals surface area contributed by atoms with Crippen molar-refractivity contribution in [3.05, 3.63) is 125 Å². The largest absolute Gasteiger partial charge is 0.508 e. The second-order valence-corrected chi connectivity index (χ2v) is 16.9. The van der Waals surface area contributed by atoms with E-state index in [4.69, 9.17) is 4.74 Å². The van der Waals surface area contributed by atoms with Crippen LogP contribution in [-0.2, 0) is 9.59 Å². The smallest absolute Gasteiger partial charge is 0.262 e. The predicted molar refractivity (Wildman–Crippen MR) is 231 cm³/mol. The average molecular weight is 808 g/mol. The number of nitrogens with zero attached hydrogens (tertiary/aromatic N) is 4. The second-order valence-electron chi connectivity index (χ2n) is 16.9. The topological polar surface area (TPSA) is 123 Å². The molecular formula is C49H53N5O6. The minimum Gasteiger partial charge on any atom is -0.508 e. The van der Waals surface area contributed by atoms with E-state index >= 15 is 0 Å². The van der Waals surface area contributed by atoms with E-state index in [1.165, 1.54) is 24.0 Å². The van der Waals surface area contributed by atoms with Gasteiger partial charge in [-0.15, -0.1) is 0 Å². The van der Waals surface area contributed by atoms with Gasteiger partial charge in [0.1, 0.15) is 24.1 Å². The standard InChI is InChI=1S/C49H53N5O6/c1-2-41(33-6-4-3-5-7-33)46(34-8-15-39(55)16-9-34)35-10-17-40(18-11-35)60-27-26-51-24-22-32(23-25-51)29-52-30-38-13-12-37(52)31-53(38)36-14-19-42-43(28-36)49(59)54(48(42)58)44-20-21-45(56)50-47(44)57/h3-11,14-19,28,32,37-38,44,55H,2,12-13,20-27,29-31H2,1H3,(H,50,56,57). The Kier molecular flexibility index (Phi) is 11.3. The number of imide groups is 2. The number of ether oxygens (including phenoxy) is 1. The first kappa shape index (κ1) is 39.7. The van der Waals surface area contributed by atoms with Gasteiger partial charge in [0, 0.05) is 50.4 Å². The number of aromatic hydroxyl groups is 1. The van der Waals surface area contributed by atoms with Gasteiger partial charge in [0.2, 0.25) is 11.8 Å². The van der Waals surface area contributed by atoms with Crippen molar-refractivity contribution in [1.29, 1.82) is 0 Å². The highest BCUT2D eigenvalue weighted by Crippen LogP contribution is 2.38. The van der Waals surface area contributed by atoms with E-state index in [0.717, 1.165) is 91.6 Å². The fraction of sp³-hybridized carbons (Fsp3) is 0.388. The lowest BCUT2D eigenvalue weighted by molar-refractivity contribution is -0.136. The third-order valence-corrected chi connectivity index (χ3v) is 13.4. The molecule has 2 bridgehead atoms. The molecule has 6 aliphatic heterocycles. The Balaban J connectivity index is 0.756. The van der Waals surface area contributed by atoms with Gasteiger partial charge in [0.15, 0.2) is 0 Å². The highest BCUT2D eigenvalue weighted by molar-refractivity contribution is 6.23. The van der Waals surface area contributed by atoms with Crippen LogP contribution in [0, 0.1) is 5.92 Å². The first-order valence-electron chi connectivity index (χ1n) is 21.6. The molecule has 6 heterocycles. The van der Waals surface area contributed by atoms with Gasteiger partial charge >= 0.3 is 0 Å². The Hall–Kier alpha value is -5.78. The van der Waals surface area contributed by atoms with Gasteiger partial charge in [-0.2, -0.15) is 0 Å². The highest BCUT2D eigenvalue weighted by atomic mass is 16.5. The summed E-state index contributed by atoms with van der Waals surface area (Å²) in [6, 6.07) is 31.7. The fourth-order valence-corrected chi connectivity index (χ4v) is 10.1. The van der Waals surface area contributed by atoms with E-state index in [1.807, 2.05) is 30.3 Å². The van der Waals surface area contributed by atoms with Crippen molar-refractivity contribution in [3.8, 4) is 11.5 Å². The minimum atomic E-state index is -0.960. The van der Waals surface area contributed by atoms with Gasteiger partial charge in [-0.3, -0.25) is 39.2 Å². The maximum atomic E-state index is 13.5. The molecule has 10 rings (SSSR count). The lowest BCUT2D eigenvalue weighted by Crippen LogP contribution is -2.63. The number of allylic oxidation sites excluding steroid dienone is 1. The SMILES string of the molecule is CCC(=C(c1ccc(O)cc1)c1ccc(OCCN2CCC(CN3CC4CCC3CN4c3ccc4c(c3)C(=O)N(C3CCC(=O)NC3=O)C4=O)CC2)cc1)c1ccccc1. The second kappa shape index (κ2) is 17.1. The summed E-state index contributed by atoms with van der Waals surface area (Å²) < 4.78 is 6.27. The molecule has 310 valence electrons. The van der Waals surface area contributed by atoms with Crippen LogP contribution in [0.25, 0.3) is 11.1 Å². The summed E-state index contributed by atoms with van der Waals surface area (Å²) >= 11 is 0. The van der Waals surface area contributed by atoms with Crippen LogP contribution in [0.5, 0.6) is 11.5 Å². The van der Waals surface area contributed by atoms with Gasteiger partial charge in [-0.05, 0) is 128 Å². The number of rotatable bonds is 12. The van der Waals surface area contributed by atoms with Gasteiger partial charge in [0.25, 0.3) is 11.8 Å². The summed E-state index contributed by atoms with van der Waals surface area (Å²) in [5.74, 6) is -0.121. The first-order chi connectivity index (χ1) is 29.2. The average Bonchev–Trinajstić information content (AvgIpc) is 3.52. The number of fused-ring (bicyclic) bond motifs is 4. The van der Waals surface area contributed by atoms with E-state index in [9.17, 15) is 24.3 Å². The third-order valence-electron chi connectivity index (χ3n) is 13.4. The molecule has 4 aromatic rings. The number of piperidine rings is 4. The molecule has 0 radical (unpaired) electrons. The Bertz CT molecular complexity index is 2290. The zero-order valence-electron chi connectivity index (χ0n) is 34.2. The third kappa shape index (κ3) is 7.96. The normalized spacial score (nSPS) is 22.9. The lowest BCUT2D eigenvalue weighted by Gasteiger charge is -2.53. The van der Waals surface area contributed by atoms with Crippen LogP contribution in [-0.4, -0.2) is 107 Å². The molecule has 0 aliphatic carbocycles. The van der Waals surface area contributed by atoms with Crippen molar-refractivity contribution in [2.45, 2.75) is 70.0 Å². The van der Waals surface area contributed by atoms with Crippen LogP contribution < -0.4 is 15.0 Å². The van der Waals surface area contributed by atoms with E-state index < -0.39 is 23.8 Å². The molecule has 11 heteroatoms. The van der Waals surface area contributed by atoms with Gasteiger partial charge in [-0.25, -0.2) is 0 Å². The van der Waals surface area contributed by atoms with E-state index in [0.29, 0.717) is 35.7 Å². The summed E-state index contributed by atoms with van der Waals surface area (Å²) in [7, 11) is 0. The summed E-state index contributed by atoms with van der Waals surface area (Å²) in [4.78, 5) is 59.6. The molecule has 5 fully saturated rings. The Morgan fingerprint density at radius 2 is 1.45 bits per heavy atom. The summed E-state index contributed by atoms with van der Waals surface area (Å²) in [5.41, 5.74) is 7.40. The fourth-order valence-electron chi connectivity index (χ4n) is 10.1. The van der Waals surface area contributed by atoms with E-state index in [1.54, 1.807) is 18.2 Å². The molecule has 0 saturated carbocycles. The molecule has 0 aromatic heterocycles. The van der Waals surface area contributed by atoms with E-state index in [-0.39, 0.29) is 24.5 Å². The van der Waals surface area contributed by atoms with Crippen LogP contribution in [0.1, 0.15) is 89.3 Å². The van der Waals surface area contributed by atoms with Crippen molar-refractivity contribution in [2.75, 3.05) is 50.8 Å². The molecule has 60 heavy (non-hydrogen) atoms. The van der Waals surface area contributed by atoms with Gasteiger partial charge in [-0.1, -0.05) is 61.5 Å². The monoisotopic (exact) mass is 807 g/mol. The number of carbonyl (C=O) groups is 4. The number of piperazine rings is 1. The van der Waals surface area contributed by atoms with Crippen LogP contribution in [0.3, 0.4) is 0 Å². The number of phenols is 1. The predicted octanol–water partition coefficient (Wildman–Crippen LogP) is 6.61. The molecule has 11 nitrogen and oxygen atoms in total. The number of carbonyl (C=O) groups excluding carboxylic acids is 4. The van der Waals surface area contributed by atoms with E-state index in [2.05, 4.69) is 75.5 Å². The quantitative estimate of drug-likeness (QED) is 0.120. The van der Waals surface area contributed by atoms with Gasteiger partial charge in [0.05, 0.1) is 11.1 Å². The molecule has 4 aromatic carbocycles. The lowest BCUT2D eigenvalue weighted by atomic mass is 9.87. The molecule has 5 saturated heterocycles. The van der Waals surface area contributed by atoms with Crippen LogP contribution >= 0.6 is 0 Å². The number of hydrogen-bond acceptors (Lipinski definition) is 9. The number of nitrogens with one attached hydrogen (secondary N) is 1. The number of anilines is 1. The van der Waals surface area contributed by atoms with Crippen molar-refractivity contribution < 1.29 is 29.0 Å². The molecule has 3 atom stereocenters. The Labute approximate surface area is 351 Å². The van der Waals surface area contributed by atoms with Crippen LogP contribution in [0.2, 0.25) is 0 Å². The number of benzene rings is 4. The van der Waals surface area contributed by atoms with Crippen molar-refractivity contribution in [3.63, 3.8) is 0 Å². The van der Waals surface area contributed by atoms with Gasteiger partial charge < -0.3 is 14.7 Å². The summed E-state index contributed by atoms with van der Waals surface area (Å²) in [6.45, 7) is 8.84. The molecule has 2 N–H and O–H groups in total.